The Morgan fingerprint density at radius 1 is 0.824 bits per heavy atom. The first-order chi connectivity index (χ1) is 7.99. The van der Waals surface area contributed by atoms with Gasteiger partial charge in [-0.2, -0.15) is 0 Å². The van der Waals surface area contributed by atoms with Crippen LogP contribution >= 0.6 is 34.8 Å². The quantitative estimate of drug-likeness (QED) is 0.601. The Hall–Kier alpha value is -0.830. The highest BCUT2D eigenvalue weighted by atomic mass is 35.5. The van der Waals surface area contributed by atoms with Crippen LogP contribution in [0.5, 0.6) is 0 Å². The highest BCUT2D eigenvalue weighted by Gasteiger charge is 2.13. The van der Waals surface area contributed by atoms with Crippen molar-refractivity contribution in [1.29, 1.82) is 0 Å². The highest BCUT2D eigenvalue weighted by molar-refractivity contribution is 6.35. The van der Waals surface area contributed by atoms with Crippen molar-refractivity contribution < 1.29 is 8.78 Å². The minimum Gasteiger partial charge on any atom is -0.205 e. The molecule has 0 saturated carbocycles. The molecule has 0 N–H and O–H groups in total. The van der Waals surface area contributed by atoms with E-state index < -0.39 is 16.7 Å². The molecule has 2 rings (SSSR count). The van der Waals surface area contributed by atoms with E-state index >= 15 is 0 Å². The smallest absolute Gasteiger partial charge is 0.152 e. The maximum atomic E-state index is 13.8. The van der Waals surface area contributed by atoms with Crippen molar-refractivity contribution in [3.8, 4) is 11.1 Å². The van der Waals surface area contributed by atoms with Crippen LogP contribution in [0.15, 0.2) is 30.3 Å². The number of rotatable bonds is 1. The molecular weight excluding hydrogens is 288 g/mol. The van der Waals surface area contributed by atoms with E-state index in [-0.39, 0.29) is 5.56 Å². The molecule has 0 heterocycles. The van der Waals surface area contributed by atoms with Crippen molar-refractivity contribution >= 4 is 34.8 Å². The Morgan fingerprint density at radius 2 is 1.41 bits per heavy atom. The summed E-state index contributed by atoms with van der Waals surface area (Å²) in [5.74, 6) is -1.63. The standard InChI is InChI=1S/C12H5Cl3F2/c13-7-3-6(4-8(14)5-7)9-1-2-10(16)11(15)12(9)17/h1-5H. The van der Waals surface area contributed by atoms with Gasteiger partial charge in [-0.25, -0.2) is 8.78 Å². The van der Waals surface area contributed by atoms with Gasteiger partial charge in [0.25, 0.3) is 0 Å². The zero-order valence-electron chi connectivity index (χ0n) is 8.28. The topological polar surface area (TPSA) is 0 Å². The van der Waals surface area contributed by atoms with Crippen molar-refractivity contribution in [2.45, 2.75) is 0 Å². The van der Waals surface area contributed by atoms with Crippen molar-refractivity contribution in [1.82, 2.24) is 0 Å². The van der Waals surface area contributed by atoms with Gasteiger partial charge in [-0.1, -0.05) is 34.8 Å². The van der Waals surface area contributed by atoms with Crippen LogP contribution in [0.3, 0.4) is 0 Å². The van der Waals surface area contributed by atoms with Crippen LogP contribution in [-0.4, -0.2) is 0 Å². The van der Waals surface area contributed by atoms with Crippen LogP contribution < -0.4 is 0 Å². The van der Waals surface area contributed by atoms with Gasteiger partial charge in [0.1, 0.15) is 10.8 Å². The number of hydrogen-bond donors (Lipinski definition) is 0. The van der Waals surface area contributed by atoms with E-state index in [1.54, 1.807) is 0 Å². The Labute approximate surface area is 112 Å². The molecule has 0 aliphatic heterocycles. The number of benzene rings is 2. The van der Waals surface area contributed by atoms with E-state index in [0.717, 1.165) is 6.07 Å². The molecular formula is C12H5Cl3F2. The average molecular weight is 294 g/mol. The van der Waals surface area contributed by atoms with Gasteiger partial charge < -0.3 is 0 Å². The second kappa shape index (κ2) is 4.81. The molecule has 0 saturated heterocycles. The Bertz CT molecular complexity index is 562. The second-order valence-electron chi connectivity index (χ2n) is 3.38. The third kappa shape index (κ3) is 2.54. The summed E-state index contributed by atoms with van der Waals surface area (Å²) in [6, 6.07) is 6.96. The minimum absolute atomic E-state index is 0.154. The van der Waals surface area contributed by atoms with Crippen LogP contribution in [0.1, 0.15) is 0 Å². The lowest BCUT2D eigenvalue weighted by Gasteiger charge is -2.06. The Kier molecular flexibility index (Phi) is 3.57. The van der Waals surface area contributed by atoms with E-state index in [1.165, 1.54) is 24.3 Å². The molecule has 0 aliphatic carbocycles. The fourth-order valence-electron chi connectivity index (χ4n) is 1.46. The summed E-state index contributed by atoms with van der Waals surface area (Å²) in [6.07, 6.45) is 0. The fraction of sp³-hybridized carbons (Fsp3) is 0. The molecule has 0 unspecified atom stereocenters. The number of halogens is 5. The fourth-order valence-corrected chi connectivity index (χ4v) is 2.15. The van der Waals surface area contributed by atoms with Gasteiger partial charge in [-0.3, -0.25) is 0 Å². The van der Waals surface area contributed by atoms with Gasteiger partial charge in [0.15, 0.2) is 5.82 Å². The predicted molar refractivity (Wildman–Crippen MR) is 66.8 cm³/mol. The van der Waals surface area contributed by atoms with E-state index in [4.69, 9.17) is 34.8 Å². The van der Waals surface area contributed by atoms with Crippen molar-refractivity contribution in [2.24, 2.45) is 0 Å². The van der Waals surface area contributed by atoms with Crippen LogP contribution in [0.25, 0.3) is 11.1 Å². The largest absolute Gasteiger partial charge is 0.205 e. The molecule has 0 radical (unpaired) electrons. The van der Waals surface area contributed by atoms with Crippen molar-refractivity contribution in [3.63, 3.8) is 0 Å². The zero-order valence-corrected chi connectivity index (χ0v) is 10.5. The van der Waals surface area contributed by atoms with E-state index in [0.29, 0.717) is 15.6 Å². The molecule has 0 amide bonds. The lowest BCUT2D eigenvalue weighted by molar-refractivity contribution is 0.586. The summed E-state index contributed by atoms with van der Waals surface area (Å²) in [5, 5.41) is 0.193. The van der Waals surface area contributed by atoms with E-state index in [1.807, 2.05) is 0 Å². The van der Waals surface area contributed by atoms with Gasteiger partial charge in [-0.15, -0.1) is 0 Å². The van der Waals surface area contributed by atoms with Crippen LogP contribution in [-0.2, 0) is 0 Å². The van der Waals surface area contributed by atoms with E-state index in [9.17, 15) is 8.78 Å². The van der Waals surface area contributed by atoms with Crippen LogP contribution in [0.2, 0.25) is 15.1 Å². The molecule has 5 heteroatoms. The predicted octanol–water partition coefficient (Wildman–Crippen LogP) is 5.59. The summed E-state index contributed by atoms with van der Waals surface area (Å²) < 4.78 is 26.8. The van der Waals surface area contributed by atoms with Crippen LogP contribution in [0, 0.1) is 11.6 Å². The van der Waals surface area contributed by atoms with Crippen LogP contribution in [0.4, 0.5) is 8.78 Å². The highest BCUT2D eigenvalue weighted by Crippen LogP contribution is 2.32. The molecule has 0 bridgehead atoms. The lowest BCUT2D eigenvalue weighted by Crippen LogP contribution is -1.89. The molecule has 0 aliphatic rings. The van der Waals surface area contributed by atoms with Crippen molar-refractivity contribution in [3.05, 3.63) is 57.0 Å². The second-order valence-corrected chi connectivity index (χ2v) is 4.63. The summed E-state index contributed by atoms with van der Waals surface area (Å²) in [5.41, 5.74) is 0.600. The van der Waals surface area contributed by atoms with Gasteiger partial charge in [-0.05, 0) is 35.9 Å². The number of hydrogen-bond acceptors (Lipinski definition) is 0. The maximum Gasteiger partial charge on any atom is 0.152 e. The first-order valence-electron chi connectivity index (χ1n) is 4.59. The van der Waals surface area contributed by atoms with Gasteiger partial charge >= 0.3 is 0 Å². The molecule has 0 fully saturated rings. The molecule has 0 nitrogen and oxygen atoms in total. The third-order valence-corrected chi connectivity index (χ3v) is 2.99. The monoisotopic (exact) mass is 292 g/mol. The summed E-state index contributed by atoms with van der Waals surface area (Å²) >= 11 is 17.1. The molecule has 0 spiro atoms. The molecule has 2 aromatic rings. The summed E-state index contributed by atoms with van der Waals surface area (Å²) in [6.45, 7) is 0. The van der Waals surface area contributed by atoms with Gasteiger partial charge in [0, 0.05) is 15.6 Å². The SMILES string of the molecule is Fc1ccc(-c2cc(Cl)cc(Cl)c2)c(F)c1Cl. The first-order valence-corrected chi connectivity index (χ1v) is 5.72. The summed E-state index contributed by atoms with van der Waals surface area (Å²) in [4.78, 5) is 0. The molecule has 88 valence electrons. The summed E-state index contributed by atoms with van der Waals surface area (Å²) in [7, 11) is 0. The Morgan fingerprint density at radius 3 is 2.00 bits per heavy atom. The van der Waals surface area contributed by atoms with E-state index in [2.05, 4.69) is 0 Å². The molecule has 0 atom stereocenters. The third-order valence-electron chi connectivity index (χ3n) is 2.21. The molecule has 0 aromatic heterocycles. The average Bonchev–Trinajstić information content (AvgIpc) is 2.24. The molecule has 2 aromatic carbocycles. The lowest BCUT2D eigenvalue weighted by atomic mass is 10.1. The van der Waals surface area contributed by atoms with Crippen molar-refractivity contribution in [2.75, 3.05) is 0 Å². The minimum atomic E-state index is -0.829. The normalized spacial score (nSPS) is 10.6. The maximum absolute atomic E-state index is 13.8. The van der Waals surface area contributed by atoms with Gasteiger partial charge in [0.05, 0.1) is 0 Å². The Balaban J connectivity index is 2.64. The first kappa shape index (κ1) is 12.6. The molecule has 17 heavy (non-hydrogen) atoms. The van der Waals surface area contributed by atoms with Gasteiger partial charge in [0.2, 0.25) is 0 Å². The zero-order chi connectivity index (χ0) is 12.6.